The average molecular weight is 415 g/mol. The zero-order valence-corrected chi connectivity index (χ0v) is 18.1. The summed E-state index contributed by atoms with van der Waals surface area (Å²) in [6.07, 6.45) is 6.57. The Labute approximate surface area is 184 Å². The first-order valence-corrected chi connectivity index (χ1v) is 11.1. The van der Waals surface area contributed by atoms with Crippen molar-refractivity contribution in [2.45, 2.75) is 44.1 Å². The number of hydrogen-bond acceptors (Lipinski definition) is 3. The second kappa shape index (κ2) is 9.44. The number of nitrogens with zero attached hydrogens (tertiary/aromatic N) is 2. The molecule has 2 heterocycles. The average Bonchev–Trinajstić information content (AvgIpc) is 2.83. The quantitative estimate of drug-likeness (QED) is 0.582. The van der Waals surface area contributed by atoms with Gasteiger partial charge in [0.05, 0.1) is 6.04 Å². The minimum absolute atomic E-state index is 0.0330. The molecule has 1 N–H and O–H groups in total. The van der Waals surface area contributed by atoms with E-state index in [4.69, 9.17) is 0 Å². The Kier molecular flexibility index (Phi) is 6.47. The van der Waals surface area contributed by atoms with Gasteiger partial charge in [-0.25, -0.2) is 0 Å². The fourth-order valence-electron chi connectivity index (χ4n) is 4.84. The van der Waals surface area contributed by atoms with Gasteiger partial charge in [0.1, 0.15) is 0 Å². The van der Waals surface area contributed by atoms with Gasteiger partial charge in [-0.3, -0.25) is 9.78 Å². The van der Waals surface area contributed by atoms with Gasteiger partial charge in [0, 0.05) is 37.4 Å². The molecule has 4 heteroatoms. The van der Waals surface area contributed by atoms with Crippen LogP contribution in [-0.4, -0.2) is 34.0 Å². The van der Waals surface area contributed by atoms with Crippen molar-refractivity contribution in [3.63, 3.8) is 0 Å². The number of benzene rings is 2. The van der Waals surface area contributed by atoms with Gasteiger partial charge in [-0.1, -0.05) is 54.6 Å². The van der Waals surface area contributed by atoms with Crippen LogP contribution in [-0.2, 0) is 10.2 Å². The summed E-state index contributed by atoms with van der Waals surface area (Å²) in [5.41, 5.74) is 4.47. The van der Waals surface area contributed by atoms with Crippen molar-refractivity contribution in [2.75, 3.05) is 13.2 Å². The highest BCUT2D eigenvalue weighted by molar-refractivity contribution is 5.79. The van der Waals surface area contributed by atoms with E-state index in [0.717, 1.165) is 36.1 Å². The van der Waals surface area contributed by atoms with Gasteiger partial charge in [-0.15, -0.1) is 0 Å². The Morgan fingerprint density at radius 1 is 1.00 bits per heavy atom. The standard InChI is InChI=1S/C27H30N2O2/c1-21(22-8-10-23(11-9-22)24-12-16-28-17-13-24)29-18-15-27(14-5-19-30,20-26(29)31)25-6-3-2-4-7-25/h2-4,6-13,16-17,21,30H,5,14-15,18-20H2,1H3/t21-,27-/m0/s1. The van der Waals surface area contributed by atoms with Crippen molar-refractivity contribution in [3.8, 4) is 11.1 Å². The maximum Gasteiger partial charge on any atom is 0.223 e. The van der Waals surface area contributed by atoms with E-state index in [0.29, 0.717) is 12.8 Å². The number of aliphatic hydroxyl groups is 1. The lowest BCUT2D eigenvalue weighted by molar-refractivity contribution is -0.138. The fourth-order valence-corrected chi connectivity index (χ4v) is 4.84. The molecule has 1 aromatic heterocycles. The Morgan fingerprint density at radius 2 is 1.68 bits per heavy atom. The lowest BCUT2D eigenvalue weighted by Gasteiger charge is -2.44. The number of aromatic nitrogens is 1. The summed E-state index contributed by atoms with van der Waals surface area (Å²) in [4.78, 5) is 19.4. The molecule has 0 bridgehead atoms. The maximum absolute atomic E-state index is 13.3. The Morgan fingerprint density at radius 3 is 2.32 bits per heavy atom. The van der Waals surface area contributed by atoms with Crippen molar-refractivity contribution in [2.24, 2.45) is 0 Å². The number of likely N-dealkylation sites (tertiary alicyclic amines) is 1. The van der Waals surface area contributed by atoms with Crippen molar-refractivity contribution in [1.82, 2.24) is 9.88 Å². The Bertz CT molecular complexity index is 989. The van der Waals surface area contributed by atoms with Crippen LogP contribution in [0.3, 0.4) is 0 Å². The van der Waals surface area contributed by atoms with Crippen LogP contribution in [0, 0.1) is 0 Å². The third-order valence-corrected chi connectivity index (χ3v) is 6.72. The molecule has 0 spiro atoms. The molecule has 160 valence electrons. The van der Waals surface area contributed by atoms with Crippen molar-refractivity contribution >= 4 is 5.91 Å². The molecule has 1 amide bonds. The zero-order chi connectivity index (χ0) is 21.7. The Balaban J connectivity index is 1.51. The number of amides is 1. The number of hydrogen-bond donors (Lipinski definition) is 1. The topological polar surface area (TPSA) is 53.4 Å². The normalized spacial score (nSPS) is 19.9. The molecule has 1 saturated heterocycles. The van der Waals surface area contributed by atoms with Gasteiger partial charge in [0.25, 0.3) is 0 Å². The van der Waals surface area contributed by atoms with Crippen LogP contribution in [0.2, 0.25) is 0 Å². The van der Waals surface area contributed by atoms with Gasteiger partial charge < -0.3 is 10.0 Å². The van der Waals surface area contributed by atoms with Gasteiger partial charge >= 0.3 is 0 Å². The van der Waals surface area contributed by atoms with Crippen molar-refractivity contribution in [3.05, 3.63) is 90.3 Å². The molecule has 3 aromatic rings. The lowest BCUT2D eigenvalue weighted by atomic mass is 9.69. The van der Waals surface area contributed by atoms with Gasteiger partial charge in [-0.2, -0.15) is 0 Å². The second-order valence-electron chi connectivity index (χ2n) is 8.52. The van der Waals surface area contributed by atoms with Gasteiger partial charge in [0.2, 0.25) is 5.91 Å². The second-order valence-corrected chi connectivity index (χ2v) is 8.52. The minimum atomic E-state index is -0.178. The molecule has 0 unspecified atom stereocenters. The summed E-state index contributed by atoms with van der Waals surface area (Å²) < 4.78 is 0. The monoisotopic (exact) mass is 414 g/mol. The molecular formula is C27H30N2O2. The largest absolute Gasteiger partial charge is 0.396 e. The fraction of sp³-hybridized carbons (Fsp3) is 0.333. The summed E-state index contributed by atoms with van der Waals surface area (Å²) >= 11 is 0. The molecule has 1 aliphatic rings. The molecular weight excluding hydrogens is 384 g/mol. The third-order valence-electron chi connectivity index (χ3n) is 6.72. The number of carbonyl (C=O) groups is 1. The smallest absolute Gasteiger partial charge is 0.223 e. The van der Waals surface area contributed by atoms with E-state index in [1.165, 1.54) is 5.56 Å². The summed E-state index contributed by atoms with van der Waals surface area (Å²) in [7, 11) is 0. The molecule has 2 atom stereocenters. The minimum Gasteiger partial charge on any atom is -0.396 e. The lowest BCUT2D eigenvalue weighted by Crippen LogP contribution is -2.47. The van der Waals surface area contributed by atoms with Crippen LogP contribution in [0.25, 0.3) is 11.1 Å². The molecule has 31 heavy (non-hydrogen) atoms. The van der Waals surface area contributed by atoms with E-state index in [-0.39, 0.29) is 24.0 Å². The molecule has 0 radical (unpaired) electrons. The first-order valence-electron chi connectivity index (χ1n) is 11.1. The van der Waals surface area contributed by atoms with Crippen LogP contribution in [0.5, 0.6) is 0 Å². The number of carbonyl (C=O) groups excluding carboxylic acids is 1. The highest BCUT2D eigenvalue weighted by atomic mass is 16.3. The summed E-state index contributed by atoms with van der Waals surface area (Å²) in [5.74, 6) is 0.193. The van der Waals surface area contributed by atoms with E-state index in [1.54, 1.807) is 12.4 Å². The molecule has 1 fully saturated rings. The number of pyridine rings is 1. The van der Waals surface area contributed by atoms with E-state index < -0.39 is 0 Å². The number of aliphatic hydroxyl groups excluding tert-OH is 1. The number of piperidine rings is 1. The predicted molar refractivity (Wildman–Crippen MR) is 123 cm³/mol. The van der Waals surface area contributed by atoms with Crippen LogP contribution in [0.4, 0.5) is 0 Å². The van der Waals surface area contributed by atoms with Crippen molar-refractivity contribution in [1.29, 1.82) is 0 Å². The van der Waals surface area contributed by atoms with E-state index >= 15 is 0 Å². The molecule has 0 saturated carbocycles. The van der Waals surface area contributed by atoms with Gasteiger partial charge in [-0.05, 0) is 60.6 Å². The zero-order valence-electron chi connectivity index (χ0n) is 18.1. The molecule has 4 rings (SSSR count). The molecule has 0 aliphatic carbocycles. The molecule has 4 nitrogen and oxygen atoms in total. The maximum atomic E-state index is 13.3. The summed E-state index contributed by atoms with van der Waals surface area (Å²) in [5, 5.41) is 9.42. The van der Waals surface area contributed by atoms with Crippen LogP contribution < -0.4 is 0 Å². The summed E-state index contributed by atoms with van der Waals surface area (Å²) in [6, 6.07) is 22.9. The first-order chi connectivity index (χ1) is 15.1. The van der Waals surface area contributed by atoms with Crippen LogP contribution >= 0.6 is 0 Å². The van der Waals surface area contributed by atoms with E-state index in [1.807, 2.05) is 35.2 Å². The first kappa shape index (κ1) is 21.3. The molecule has 2 aromatic carbocycles. The van der Waals surface area contributed by atoms with Gasteiger partial charge in [0.15, 0.2) is 0 Å². The summed E-state index contributed by atoms with van der Waals surface area (Å²) in [6.45, 7) is 3.00. The van der Waals surface area contributed by atoms with E-state index in [9.17, 15) is 9.90 Å². The third kappa shape index (κ3) is 4.54. The molecule has 1 aliphatic heterocycles. The number of rotatable bonds is 7. The highest BCUT2D eigenvalue weighted by Gasteiger charge is 2.41. The van der Waals surface area contributed by atoms with Crippen LogP contribution in [0.15, 0.2) is 79.1 Å². The van der Waals surface area contributed by atoms with E-state index in [2.05, 4.69) is 48.3 Å². The predicted octanol–water partition coefficient (Wildman–Crippen LogP) is 5.14. The Hall–Kier alpha value is -2.98. The SMILES string of the molecule is C[C@@H](c1ccc(-c2ccncc2)cc1)N1CC[C@](CCCO)(c2ccccc2)CC1=O. The van der Waals surface area contributed by atoms with Crippen LogP contribution in [0.1, 0.15) is 49.8 Å². The highest BCUT2D eigenvalue weighted by Crippen LogP contribution is 2.42. The van der Waals surface area contributed by atoms with Crippen molar-refractivity contribution < 1.29 is 9.90 Å².